The van der Waals surface area contributed by atoms with E-state index < -0.39 is 0 Å². The average molecular weight is 313 g/mol. The molecule has 2 fully saturated rings. The minimum Gasteiger partial charge on any atom is -0.466 e. The lowest BCUT2D eigenvalue weighted by Crippen LogP contribution is -2.43. The second-order valence-corrected chi connectivity index (χ2v) is 6.02. The normalized spacial score (nSPS) is 29.4. The predicted molar refractivity (Wildman–Crippen MR) is 70.8 cm³/mol. The van der Waals surface area contributed by atoms with Gasteiger partial charge in [0, 0.05) is 18.5 Å². The number of rotatable bonds is 2. The Labute approximate surface area is 115 Å². The molecular formula is C13H17BrN2O2. The number of hydrogen-bond acceptors (Lipinski definition) is 3. The van der Waals surface area contributed by atoms with Crippen LogP contribution in [-0.2, 0) is 4.79 Å². The van der Waals surface area contributed by atoms with E-state index in [-0.39, 0.29) is 18.0 Å². The summed E-state index contributed by atoms with van der Waals surface area (Å²) >= 11 is 3.48. The molecule has 5 heteroatoms. The van der Waals surface area contributed by atoms with Crippen molar-refractivity contribution in [2.75, 3.05) is 0 Å². The fraction of sp³-hybridized carbons (Fsp3) is 0.615. The van der Waals surface area contributed by atoms with Crippen molar-refractivity contribution in [3.63, 3.8) is 0 Å². The number of amides is 1. The Morgan fingerprint density at radius 3 is 2.78 bits per heavy atom. The largest absolute Gasteiger partial charge is 0.466 e. The van der Waals surface area contributed by atoms with E-state index in [1.165, 1.54) is 0 Å². The summed E-state index contributed by atoms with van der Waals surface area (Å²) in [7, 11) is 0. The van der Waals surface area contributed by atoms with Crippen molar-refractivity contribution < 1.29 is 9.21 Å². The molecule has 1 saturated heterocycles. The maximum Gasteiger partial charge on any atom is 0.223 e. The Balaban J connectivity index is 1.99. The van der Waals surface area contributed by atoms with Gasteiger partial charge in [0.15, 0.2) is 0 Å². The van der Waals surface area contributed by atoms with Crippen molar-refractivity contribution in [1.82, 2.24) is 4.90 Å². The van der Waals surface area contributed by atoms with Gasteiger partial charge in [-0.3, -0.25) is 4.79 Å². The summed E-state index contributed by atoms with van der Waals surface area (Å²) in [4.78, 5) is 14.2. The lowest BCUT2D eigenvalue weighted by atomic mass is 10.0. The molecule has 2 aliphatic rings. The van der Waals surface area contributed by atoms with Crippen LogP contribution in [0.3, 0.4) is 0 Å². The molecule has 2 heterocycles. The highest BCUT2D eigenvalue weighted by molar-refractivity contribution is 9.10. The minimum absolute atomic E-state index is 0.0421. The fourth-order valence-corrected chi connectivity index (χ4v) is 3.19. The zero-order valence-electron chi connectivity index (χ0n) is 10.1. The molecule has 0 bridgehead atoms. The number of carbonyl (C=O) groups excluding carboxylic acids is 1. The van der Waals surface area contributed by atoms with Crippen molar-refractivity contribution in [1.29, 1.82) is 0 Å². The number of nitrogens with zero attached hydrogens (tertiary/aromatic N) is 1. The number of carbonyl (C=O) groups is 1. The average Bonchev–Trinajstić information content (AvgIpc) is 3.09. The maximum atomic E-state index is 12.3. The van der Waals surface area contributed by atoms with E-state index in [2.05, 4.69) is 15.9 Å². The molecule has 1 aromatic heterocycles. The zero-order chi connectivity index (χ0) is 12.7. The monoisotopic (exact) mass is 312 g/mol. The Hall–Kier alpha value is -0.810. The molecule has 1 aromatic rings. The summed E-state index contributed by atoms with van der Waals surface area (Å²) < 4.78 is 6.47. The molecule has 1 aliphatic heterocycles. The zero-order valence-corrected chi connectivity index (χ0v) is 11.7. The number of nitrogens with two attached hydrogens (primary N) is 1. The molecule has 1 saturated carbocycles. The molecule has 3 rings (SSSR count). The molecule has 18 heavy (non-hydrogen) atoms. The predicted octanol–water partition coefficient (Wildman–Crippen LogP) is 2.59. The van der Waals surface area contributed by atoms with Crippen molar-refractivity contribution in [2.45, 2.75) is 50.2 Å². The van der Waals surface area contributed by atoms with Gasteiger partial charge in [0.1, 0.15) is 11.8 Å². The van der Waals surface area contributed by atoms with Crippen molar-refractivity contribution in [3.8, 4) is 0 Å². The summed E-state index contributed by atoms with van der Waals surface area (Å²) in [5.74, 6) is 1.02. The smallest absolute Gasteiger partial charge is 0.223 e. The third kappa shape index (κ3) is 2.10. The first kappa shape index (κ1) is 12.2. The summed E-state index contributed by atoms with van der Waals surface area (Å²) in [5, 5.41) is 0. The van der Waals surface area contributed by atoms with Gasteiger partial charge in [-0.25, -0.2) is 0 Å². The fourth-order valence-electron chi connectivity index (χ4n) is 2.76. The van der Waals surface area contributed by atoms with Gasteiger partial charge < -0.3 is 15.1 Å². The second kappa shape index (κ2) is 4.70. The van der Waals surface area contributed by atoms with Crippen molar-refractivity contribution in [3.05, 3.63) is 22.6 Å². The van der Waals surface area contributed by atoms with E-state index in [4.69, 9.17) is 10.2 Å². The van der Waals surface area contributed by atoms with Gasteiger partial charge in [-0.1, -0.05) is 0 Å². The third-order valence-electron chi connectivity index (χ3n) is 3.77. The van der Waals surface area contributed by atoms with Gasteiger partial charge in [0.25, 0.3) is 0 Å². The van der Waals surface area contributed by atoms with Crippen LogP contribution < -0.4 is 5.73 Å². The molecular weight excluding hydrogens is 296 g/mol. The lowest BCUT2D eigenvalue weighted by Gasteiger charge is -2.32. The van der Waals surface area contributed by atoms with Crippen molar-refractivity contribution in [2.24, 2.45) is 5.73 Å². The van der Waals surface area contributed by atoms with Crippen LogP contribution in [0.1, 0.15) is 43.9 Å². The number of hydrogen-bond donors (Lipinski definition) is 1. The van der Waals surface area contributed by atoms with Crippen LogP contribution in [0.2, 0.25) is 0 Å². The quantitative estimate of drug-likeness (QED) is 0.913. The third-order valence-corrected chi connectivity index (χ3v) is 4.43. The van der Waals surface area contributed by atoms with E-state index in [0.717, 1.165) is 35.9 Å². The van der Waals surface area contributed by atoms with E-state index in [1.54, 1.807) is 6.26 Å². The first-order chi connectivity index (χ1) is 8.68. The van der Waals surface area contributed by atoms with E-state index in [0.29, 0.717) is 12.5 Å². The summed E-state index contributed by atoms with van der Waals surface area (Å²) in [6.07, 6.45) is 6.18. The molecule has 1 aliphatic carbocycles. The van der Waals surface area contributed by atoms with E-state index >= 15 is 0 Å². The van der Waals surface area contributed by atoms with Gasteiger partial charge in [0.05, 0.1) is 10.7 Å². The molecule has 1 amide bonds. The lowest BCUT2D eigenvalue weighted by molar-refractivity contribution is -0.134. The van der Waals surface area contributed by atoms with Crippen LogP contribution in [0, 0.1) is 0 Å². The summed E-state index contributed by atoms with van der Waals surface area (Å²) in [5.41, 5.74) is 6.28. The van der Waals surface area contributed by atoms with Gasteiger partial charge in [0.2, 0.25) is 5.91 Å². The molecule has 2 atom stereocenters. The van der Waals surface area contributed by atoms with E-state index in [1.807, 2.05) is 11.0 Å². The molecule has 2 N–H and O–H groups in total. The molecule has 0 radical (unpaired) electrons. The van der Waals surface area contributed by atoms with Crippen LogP contribution in [0.25, 0.3) is 0 Å². The standard InChI is InChI=1S/C13H17BrN2O2/c14-9-6-7-18-13(9)12-10(15)2-1-3-11(17)16(12)8-4-5-8/h6-8,10,12H,1-5,15H2. The highest BCUT2D eigenvalue weighted by atomic mass is 79.9. The van der Waals surface area contributed by atoms with Crippen LogP contribution in [0.15, 0.2) is 21.2 Å². The molecule has 0 aromatic carbocycles. The first-order valence-electron chi connectivity index (χ1n) is 6.48. The highest BCUT2D eigenvalue weighted by Gasteiger charge is 2.43. The SMILES string of the molecule is NC1CCCC(=O)N(C2CC2)C1c1occc1Br. The van der Waals surface area contributed by atoms with Crippen LogP contribution in [-0.4, -0.2) is 22.9 Å². The number of halogens is 1. The number of furan rings is 1. The van der Waals surface area contributed by atoms with E-state index in [9.17, 15) is 4.79 Å². The second-order valence-electron chi connectivity index (χ2n) is 5.17. The Morgan fingerprint density at radius 1 is 1.39 bits per heavy atom. The Kier molecular flexibility index (Phi) is 3.20. The van der Waals surface area contributed by atoms with Crippen molar-refractivity contribution >= 4 is 21.8 Å². The van der Waals surface area contributed by atoms with Gasteiger partial charge in [-0.15, -0.1) is 0 Å². The Morgan fingerprint density at radius 2 is 2.17 bits per heavy atom. The topological polar surface area (TPSA) is 59.5 Å². The summed E-state index contributed by atoms with van der Waals surface area (Å²) in [6.45, 7) is 0. The molecule has 0 spiro atoms. The van der Waals surface area contributed by atoms with Gasteiger partial charge >= 0.3 is 0 Å². The Bertz CT molecular complexity index is 456. The van der Waals surface area contributed by atoms with Crippen LogP contribution in [0.5, 0.6) is 0 Å². The minimum atomic E-state index is -0.114. The van der Waals surface area contributed by atoms with Crippen LogP contribution in [0.4, 0.5) is 0 Å². The number of likely N-dealkylation sites (tertiary alicyclic amines) is 1. The molecule has 2 unspecified atom stereocenters. The van der Waals surface area contributed by atoms with Gasteiger partial charge in [-0.05, 0) is 47.7 Å². The maximum absolute atomic E-state index is 12.3. The molecule has 98 valence electrons. The summed E-state index contributed by atoms with van der Waals surface area (Å²) in [6, 6.07) is 2.07. The highest BCUT2D eigenvalue weighted by Crippen LogP contribution is 2.41. The van der Waals surface area contributed by atoms with Gasteiger partial charge in [-0.2, -0.15) is 0 Å². The van der Waals surface area contributed by atoms with Crippen LogP contribution >= 0.6 is 15.9 Å². The first-order valence-corrected chi connectivity index (χ1v) is 7.27. The molecule has 4 nitrogen and oxygen atoms in total.